The zero-order chi connectivity index (χ0) is 36.0. The number of carboxylic acid groups (broad SMARTS) is 3. The number of hydrogen-bond donors (Lipinski definition) is 5. The average molecular weight is 678 g/mol. The second-order valence-corrected chi connectivity index (χ2v) is 13.4. The van der Waals surface area contributed by atoms with Crippen molar-refractivity contribution in [2.24, 2.45) is 11.8 Å². The molecule has 0 spiro atoms. The minimum Gasteiger partial charge on any atom is -0.494 e. The van der Waals surface area contributed by atoms with Gasteiger partial charge in [0.15, 0.2) is 5.60 Å². The summed E-state index contributed by atoms with van der Waals surface area (Å²) in [6.07, 6.45) is 10.5. The summed E-state index contributed by atoms with van der Waals surface area (Å²) >= 11 is 0. The quantitative estimate of drug-likeness (QED) is 0.0580. The lowest BCUT2D eigenvalue weighted by molar-refractivity contribution is -0.173. The van der Waals surface area contributed by atoms with Crippen LogP contribution in [0.1, 0.15) is 135 Å². The van der Waals surface area contributed by atoms with E-state index in [1.54, 1.807) is 24.3 Å². The van der Waals surface area contributed by atoms with E-state index in [2.05, 4.69) is 26.1 Å². The summed E-state index contributed by atoms with van der Waals surface area (Å²) in [6, 6.07) is 5.54. The van der Waals surface area contributed by atoms with Crippen LogP contribution in [-0.4, -0.2) is 68.3 Å². The fraction of sp³-hybridized carbons (Fsp3) is 0.703. The highest BCUT2D eigenvalue weighted by Crippen LogP contribution is 2.31. The van der Waals surface area contributed by atoms with Crippen LogP contribution in [-0.2, 0) is 30.4 Å². The summed E-state index contributed by atoms with van der Waals surface area (Å²) in [5.41, 5.74) is -2.07. The molecule has 0 fully saturated rings. The predicted molar refractivity (Wildman–Crippen MR) is 183 cm³/mol. The maximum atomic E-state index is 13.0. The van der Waals surface area contributed by atoms with Gasteiger partial charge in [0.25, 0.3) is 0 Å². The highest BCUT2D eigenvalue weighted by molar-refractivity contribution is 5.87. The molecule has 1 aromatic carbocycles. The Morgan fingerprint density at radius 3 is 1.88 bits per heavy atom. The molecule has 0 radical (unpaired) electrons. The number of Topliss-reactive ketones (excluding diaryl/α,β-unsaturated/α-hetero) is 1. The Hall–Kier alpha value is -3.47. The van der Waals surface area contributed by atoms with Gasteiger partial charge in [-0.3, -0.25) is 14.4 Å². The van der Waals surface area contributed by atoms with E-state index >= 15 is 0 Å². The first kappa shape index (κ1) is 42.6. The van der Waals surface area contributed by atoms with Crippen molar-refractivity contribution in [3.63, 3.8) is 0 Å². The van der Waals surface area contributed by atoms with Crippen LogP contribution in [0.2, 0.25) is 0 Å². The van der Waals surface area contributed by atoms with Crippen molar-refractivity contribution in [3.8, 4) is 5.75 Å². The van der Waals surface area contributed by atoms with Gasteiger partial charge in [0, 0.05) is 31.6 Å². The molecule has 0 aromatic heterocycles. The van der Waals surface area contributed by atoms with Crippen LogP contribution in [0.15, 0.2) is 24.3 Å². The Balaban J connectivity index is 2.69. The number of nitrogens with one attached hydrogen (secondary N) is 1. The molecular formula is C37H59NO10. The van der Waals surface area contributed by atoms with Crippen molar-refractivity contribution in [2.75, 3.05) is 6.61 Å². The largest absolute Gasteiger partial charge is 0.494 e. The lowest BCUT2D eigenvalue weighted by Gasteiger charge is -2.31. The SMILES string of the molecule is CCCCCCCC(=O)CCCCCCCC[C@H](CC(=O)N[C@@H](Cc1ccc(OCCC(C)C)cc1)C(=O)O)[C@@](O)(CC(=O)O)C(=O)O. The lowest BCUT2D eigenvalue weighted by Crippen LogP contribution is -2.50. The number of carbonyl (C=O) groups excluding carboxylic acids is 2. The minimum absolute atomic E-state index is 0.0408. The maximum absolute atomic E-state index is 13.0. The topological polar surface area (TPSA) is 188 Å². The minimum atomic E-state index is -2.70. The number of ketones is 1. The number of carboxylic acids is 3. The average Bonchev–Trinajstić information content (AvgIpc) is 3.01. The van der Waals surface area contributed by atoms with Gasteiger partial charge in [0.05, 0.1) is 13.0 Å². The van der Waals surface area contributed by atoms with E-state index in [9.17, 15) is 44.4 Å². The molecule has 11 heteroatoms. The van der Waals surface area contributed by atoms with E-state index in [4.69, 9.17) is 4.74 Å². The Kier molecular flexibility index (Phi) is 21.1. The third-order valence-electron chi connectivity index (χ3n) is 8.68. The Morgan fingerprint density at radius 1 is 0.792 bits per heavy atom. The van der Waals surface area contributed by atoms with Crippen LogP contribution >= 0.6 is 0 Å². The van der Waals surface area contributed by atoms with Crippen molar-refractivity contribution in [1.29, 1.82) is 0 Å². The Bertz CT molecular complexity index is 1120. The number of ether oxygens (including phenoxy) is 1. The summed E-state index contributed by atoms with van der Waals surface area (Å²) in [5.74, 6) is -5.17. The molecule has 1 amide bonds. The first-order valence-electron chi connectivity index (χ1n) is 17.7. The van der Waals surface area contributed by atoms with Crippen LogP contribution in [0.5, 0.6) is 5.75 Å². The van der Waals surface area contributed by atoms with E-state index in [0.717, 1.165) is 44.9 Å². The number of rotatable bonds is 29. The summed E-state index contributed by atoms with van der Waals surface area (Å²) in [6.45, 7) is 6.90. The molecule has 48 heavy (non-hydrogen) atoms. The second-order valence-electron chi connectivity index (χ2n) is 13.4. The first-order valence-corrected chi connectivity index (χ1v) is 17.7. The fourth-order valence-corrected chi connectivity index (χ4v) is 5.65. The number of hydrogen-bond acceptors (Lipinski definition) is 7. The zero-order valence-corrected chi connectivity index (χ0v) is 29.2. The number of unbranched alkanes of at least 4 members (excludes halogenated alkanes) is 9. The molecule has 0 saturated heterocycles. The van der Waals surface area contributed by atoms with E-state index in [-0.39, 0.29) is 12.8 Å². The van der Waals surface area contributed by atoms with Gasteiger partial charge in [-0.05, 0) is 49.3 Å². The molecule has 0 saturated carbocycles. The molecular weight excluding hydrogens is 618 g/mol. The normalized spacial score (nSPS) is 13.8. The van der Waals surface area contributed by atoms with Gasteiger partial charge >= 0.3 is 17.9 Å². The van der Waals surface area contributed by atoms with Crippen LogP contribution in [0.3, 0.4) is 0 Å². The highest BCUT2D eigenvalue weighted by atomic mass is 16.5. The van der Waals surface area contributed by atoms with Gasteiger partial charge in [-0.2, -0.15) is 0 Å². The lowest BCUT2D eigenvalue weighted by atomic mass is 9.78. The van der Waals surface area contributed by atoms with Crippen LogP contribution in [0.25, 0.3) is 0 Å². The van der Waals surface area contributed by atoms with Gasteiger partial charge in [0.2, 0.25) is 5.91 Å². The third-order valence-corrected chi connectivity index (χ3v) is 8.68. The number of aliphatic carboxylic acids is 3. The van der Waals surface area contributed by atoms with Gasteiger partial charge in [0.1, 0.15) is 17.6 Å². The Labute approximate surface area is 285 Å². The zero-order valence-electron chi connectivity index (χ0n) is 29.2. The summed E-state index contributed by atoms with van der Waals surface area (Å²) < 4.78 is 5.69. The number of aliphatic hydroxyl groups is 1. The summed E-state index contributed by atoms with van der Waals surface area (Å²) in [4.78, 5) is 60.7. The number of benzene rings is 1. The molecule has 11 nitrogen and oxygen atoms in total. The van der Waals surface area contributed by atoms with Crippen LogP contribution in [0.4, 0.5) is 0 Å². The van der Waals surface area contributed by atoms with E-state index in [1.165, 1.54) is 19.3 Å². The first-order chi connectivity index (χ1) is 22.8. The molecule has 1 aromatic rings. The van der Waals surface area contributed by atoms with Gasteiger partial charge in [-0.15, -0.1) is 0 Å². The molecule has 0 heterocycles. The highest BCUT2D eigenvalue weighted by Gasteiger charge is 2.46. The summed E-state index contributed by atoms with van der Waals surface area (Å²) in [5, 5.41) is 42.3. The second kappa shape index (κ2) is 23.8. The van der Waals surface area contributed by atoms with Gasteiger partial charge < -0.3 is 30.5 Å². The van der Waals surface area contributed by atoms with E-state index in [0.29, 0.717) is 55.3 Å². The van der Waals surface area contributed by atoms with Gasteiger partial charge in [-0.1, -0.05) is 90.7 Å². The monoisotopic (exact) mass is 677 g/mol. The smallest absolute Gasteiger partial charge is 0.336 e. The van der Waals surface area contributed by atoms with Crippen molar-refractivity contribution < 1.29 is 49.1 Å². The molecule has 0 bridgehead atoms. The van der Waals surface area contributed by atoms with Crippen LogP contribution in [0, 0.1) is 11.8 Å². The van der Waals surface area contributed by atoms with E-state index in [1.807, 2.05) is 0 Å². The van der Waals surface area contributed by atoms with E-state index < -0.39 is 54.2 Å². The molecule has 0 unspecified atom stereocenters. The molecule has 0 aliphatic rings. The molecule has 0 aliphatic carbocycles. The maximum Gasteiger partial charge on any atom is 0.336 e. The number of amides is 1. The van der Waals surface area contributed by atoms with Crippen LogP contribution < -0.4 is 10.1 Å². The molecule has 3 atom stereocenters. The molecule has 0 aliphatic heterocycles. The van der Waals surface area contributed by atoms with Crippen molar-refractivity contribution in [3.05, 3.63) is 29.8 Å². The van der Waals surface area contributed by atoms with Crippen molar-refractivity contribution in [1.82, 2.24) is 5.32 Å². The third kappa shape index (κ3) is 18.2. The fourth-order valence-electron chi connectivity index (χ4n) is 5.65. The standard InChI is InChI=1S/C37H59NO10/c1-4-5-6-9-13-16-30(39)17-14-11-8-7-10-12-15-29(37(47,36(45)46)26-34(41)42)25-33(40)38-32(35(43)44)24-28-18-20-31(21-19-28)48-23-22-27(2)3/h18-21,27,29,32,47H,4-17,22-26H2,1-3H3,(H,38,40)(H,41,42)(H,43,44)(H,45,46)/t29-,32+,37+/m1/s1. The molecule has 1 rings (SSSR count). The predicted octanol–water partition coefficient (Wildman–Crippen LogP) is 6.57. The van der Waals surface area contributed by atoms with Crippen molar-refractivity contribution in [2.45, 2.75) is 148 Å². The van der Waals surface area contributed by atoms with Gasteiger partial charge in [-0.25, -0.2) is 9.59 Å². The Morgan fingerprint density at radius 2 is 1.35 bits per heavy atom. The molecule has 5 N–H and O–H groups in total. The molecule has 272 valence electrons. The summed E-state index contributed by atoms with van der Waals surface area (Å²) in [7, 11) is 0. The van der Waals surface area contributed by atoms with Crippen molar-refractivity contribution >= 4 is 29.6 Å². The number of carbonyl (C=O) groups is 5.